The number of hydrogen-bond acceptors (Lipinski definition) is 2. The van der Waals surface area contributed by atoms with Crippen LogP contribution in [0, 0.1) is 12.7 Å². The highest BCUT2D eigenvalue weighted by molar-refractivity contribution is 6.07. The quantitative estimate of drug-likeness (QED) is 0.445. The molecule has 1 aliphatic rings. The maximum atomic E-state index is 13.6. The summed E-state index contributed by atoms with van der Waals surface area (Å²) in [7, 11) is 0. The van der Waals surface area contributed by atoms with Gasteiger partial charge in [0.25, 0.3) is 5.91 Å². The van der Waals surface area contributed by atoms with Crippen LogP contribution in [0.5, 0.6) is 0 Å². The molecule has 0 aliphatic carbocycles. The molecule has 30 heavy (non-hydrogen) atoms. The molecule has 3 aromatic carbocycles. The number of fused-ring (bicyclic) bond motifs is 2. The summed E-state index contributed by atoms with van der Waals surface area (Å²) < 4.78 is 13.4. The van der Waals surface area contributed by atoms with Crippen molar-refractivity contribution in [3.05, 3.63) is 101 Å². The van der Waals surface area contributed by atoms with Crippen molar-refractivity contribution in [2.45, 2.75) is 19.9 Å². The maximum absolute atomic E-state index is 13.6. The van der Waals surface area contributed by atoms with Gasteiger partial charge in [0.15, 0.2) is 0 Å². The van der Waals surface area contributed by atoms with Gasteiger partial charge in [-0.2, -0.15) is 0 Å². The first-order valence-corrected chi connectivity index (χ1v) is 10.1. The van der Waals surface area contributed by atoms with Gasteiger partial charge in [-0.05, 0) is 66.9 Å². The number of pyridine rings is 1. The normalized spacial score (nSPS) is 13.3. The number of carbonyl (C=O) groups excluding carboxylic acids is 1. The zero-order valence-corrected chi connectivity index (χ0v) is 16.7. The summed E-state index contributed by atoms with van der Waals surface area (Å²) >= 11 is 0. The molecule has 1 amide bonds. The lowest BCUT2D eigenvalue weighted by Gasteiger charge is -2.29. The first-order chi connectivity index (χ1) is 14.6. The molecule has 2 heterocycles. The fourth-order valence-corrected chi connectivity index (χ4v) is 4.12. The van der Waals surface area contributed by atoms with Crippen molar-refractivity contribution in [2.24, 2.45) is 0 Å². The van der Waals surface area contributed by atoms with Crippen molar-refractivity contribution in [2.75, 3.05) is 6.54 Å². The summed E-state index contributed by atoms with van der Waals surface area (Å²) in [5, 5.41) is 0.852. The second kappa shape index (κ2) is 7.38. The van der Waals surface area contributed by atoms with Gasteiger partial charge in [-0.25, -0.2) is 9.37 Å². The first kappa shape index (κ1) is 18.5. The zero-order valence-electron chi connectivity index (χ0n) is 16.7. The van der Waals surface area contributed by atoms with E-state index in [9.17, 15) is 9.18 Å². The SMILES string of the molecule is Cc1ccc2nc(-c3ccc(F)cc3)cc(C(=O)N3CCc4ccccc4C3)c2c1. The van der Waals surface area contributed by atoms with Crippen LogP contribution in [0.4, 0.5) is 4.39 Å². The zero-order chi connectivity index (χ0) is 20.7. The molecule has 0 bridgehead atoms. The molecular formula is C26H21FN2O. The van der Waals surface area contributed by atoms with Crippen molar-refractivity contribution in [1.29, 1.82) is 0 Å². The van der Waals surface area contributed by atoms with Gasteiger partial charge in [-0.15, -0.1) is 0 Å². The number of hydrogen-bond donors (Lipinski definition) is 0. The predicted octanol–water partition coefficient (Wildman–Crippen LogP) is 5.55. The molecule has 0 radical (unpaired) electrons. The molecule has 0 spiro atoms. The number of nitrogens with zero attached hydrogens (tertiary/aromatic N) is 2. The van der Waals surface area contributed by atoms with Crippen molar-refractivity contribution >= 4 is 16.8 Å². The Morgan fingerprint density at radius 2 is 1.73 bits per heavy atom. The fraction of sp³-hybridized carbons (Fsp3) is 0.154. The summed E-state index contributed by atoms with van der Waals surface area (Å²) in [5.41, 5.74) is 6.46. The summed E-state index contributed by atoms with van der Waals surface area (Å²) in [4.78, 5) is 20.3. The molecule has 5 rings (SSSR count). The van der Waals surface area contributed by atoms with E-state index in [4.69, 9.17) is 4.98 Å². The number of carbonyl (C=O) groups is 1. The molecular weight excluding hydrogens is 375 g/mol. The van der Waals surface area contributed by atoms with E-state index in [-0.39, 0.29) is 11.7 Å². The van der Waals surface area contributed by atoms with Gasteiger partial charge < -0.3 is 4.90 Å². The van der Waals surface area contributed by atoms with Crippen LogP contribution in [0.3, 0.4) is 0 Å². The van der Waals surface area contributed by atoms with Crippen LogP contribution < -0.4 is 0 Å². The largest absolute Gasteiger partial charge is 0.334 e. The Balaban J connectivity index is 1.61. The highest BCUT2D eigenvalue weighted by Gasteiger charge is 2.24. The van der Waals surface area contributed by atoms with Crippen LogP contribution in [-0.4, -0.2) is 22.3 Å². The third-order valence-electron chi connectivity index (χ3n) is 5.75. The molecule has 0 unspecified atom stereocenters. The average molecular weight is 396 g/mol. The van der Waals surface area contributed by atoms with Crippen LogP contribution in [-0.2, 0) is 13.0 Å². The summed E-state index contributed by atoms with van der Waals surface area (Å²) in [6.07, 6.45) is 0.856. The van der Waals surface area contributed by atoms with Crippen molar-refractivity contribution in [3.8, 4) is 11.3 Å². The molecule has 0 saturated carbocycles. The van der Waals surface area contributed by atoms with Gasteiger partial charge in [0.2, 0.25) is 0 Å². The van der Waals surface area contributed by atoms with E-state index in [1.807, 2.05) is 48.2 Å². The number of aromatic nitrogens is 1. The topological polar surface area (TPSA) is 33.2 Å². The maximum Gasteiger partial charge on any atom is 0.254 e. The Morgan fingerprint density at radius 1 is 0.967 bits per heavy atom. The highest BCUT2D eigenvalue weighted by Crippen LogP contribution is 2.28. The highest BCUT2D eigenvalue weighted by atomic mass is 19.1. The van der Waals surface area contributed by atoms with Gasteiger partial charge >= 0.3 is 0 Å². The van der Waals surface area contributed by atoms with Crippen molar-refractivity contribution in [3.63, 3.8) is 0 Å². The Hall–Kier alpha value is -3.53. The third kappa shape index (κ3) is 3.35. The summed E-state index contributed by atoms with van der Waals surface area (Å²) in [6, 6.07) is 22.3. The predicted molar refractivity (Wildman–Crippen MR) is 117 cm³/mol. The van der Waals surface area contributed by atoms with E-state index in [1.54, 1.807) is 12.1 Å². The molecule has 4 aromatic rings. The van der Waals surface area contributed by atoms with Gasteiger partial charge in [0.1, 0.15) is 5.82 Å². The van der Waals surface area contributed by atoms with Crippen LogP contribution >= 0.6 is 0 Å². The average Bonchev–Trinajstić information content (AvgIpc) is 2.78. The van der Waals surface area contributed by atoms with E-state index < -0.39 is 0 Å². The lowest BCUT2D eigenvalue weighted by Crippen LogP contribution is -2.36. The standard InChI is InChI=1S/C26H21FN2O/c1-17-6-11-24-22(14-17)23(15-25(28-24)19-7-9-21(27)10-8-19)26(30)29-13-12-18-4-2-3-5-20(18)16-29/h2-11,14-15H,12-13,16H2,1H3. The molecule has 1 aromatic heterocycles. The van der Waals surface area contributed by atoms with Gasteiger partial charge in [0, 0.05) is 24.0 Å². The van der Waals surface area contributed by atoms with Gasteiger partial charge in [0.05, 0.1) is 16.8 Å². The molecule has 4 heteroatoms. The number of aryl methyl sites for hydroxylation is 1. The fourth-order valence-electron chi connectivity index (χ4n) is 4.12. The number of amides is 1. The summed E-state index contributed by atoms with van der Waals surface area (Å²) in [5.74, 6) is -0.288. The van der Waals surface area contributed by atoms with E-state index in [1.165, 1.54) is 23.3 Å². The van der Waals surface area contributed by atoms with Crippen LogP contribution in [0.1, 0.15) is 27.0 Å². The lowest BCUT2D eigenvalue weighted by molar-refractivity contribution is 0.0736. The Bertz CT molecular complexity index is 1260. The monoisotopic (exact) mass is 396 g/mol. The molecule has 0 saturated heterocycles. The van der Waals surface area contributed by atoms with Crippen LogP contribution in [0.25, 0.3) is 22.2 Å². The smallest absolute Gasteiger partial charge is 0.254 e. The minimum atomic E-state index is -0.293. The van der Waals surface area contributed by atoms with E-state index in [0.29, 0.717) is 24.3 Å². The molecule has 0 atom stereocenters. The van der Waals surface area contributed by atoms with E-state index >= 15 is 0 Å². The van der Waals surface area contributed by atoms with E-state index in [0.717, 1.165) is 28.5 Å². The molecule has 148 valence electrons. The van der Waals surface area contributed by atoms with Crippen molar-refractivity contribution in [1.82, 2.24) is 9.88 Å². The van der Waals surface area contributed by atoms with E-state index in [2.05, 4.69) is 12.1 Å². The minimum Gasteiger partial charge on any atom is -0.334 e. The van der Waals surface area contributed by atoms with Crippen molar-refractivity contribution < 1.29 is 9.18 Å². The first-order valence-electron chi connectivity index (χ1n) is 10.1. The molecule has 0 N–H and O–H groups in total. The second-order valence-corrected chi connectivity index (χ2v) is 7.83. The molecule has 0 fully saturated rings. The van der Waals surface area contributed by atoms with Crippen LogP contribution in [0.15, 0.2) is 72.8 Å². The minimum absolute atomic E-state index is 0.00543. The number of halogens is 1. The summed E-state index contributed by atoms with van der Waals surface area (Å²) in [6.45, 7) is 3.31. The second-order valence-electron chi connectivity index (χ2n) is 7.83. The van der Waals surface area contributed by atoms with Crippen LogP contribution in [0.2, 0.25) is 0 Å². The Kier molecular flexibility index (Phi) is 4.55. The lowest BCUT2D eigenvalue weighted by atomic mass is 9.97. The van der Waals surface area contributed by atoms with Gasteiger partial charge in [-0.1, -0.05) is 35.9 Å². The molecule has 3 nitrogen and oxygen atoms in total. The Labute approximate surface area is 174 Å². The molecule has 1 aliphatic heterocycles. The number of rotatable bonds is 2. The Morgan fingerprint density at radius 3 is 2.53 bits per heavy atom. The van der Waals surface area contributed by atoms with Gasteiger partial charge in [-0.3, -0.25) is 4.79 Å². The number of benzene rings is 3. The third-order valence-corrected chi connectivity index (χ3v) is 5.75.